The molecule has 4 nitrogen and oxygen atoms in total. The number of rotatable bonds is 2. The third kappa shape index (κ3) is 3.91. The van der Waals surface area contributed by atoms with Gasteiger partial charge in [0.05, 0.1) is 11.3 Å². The van der Waals surface area contributed by atoms with Crippen LogP contribution in [-0.4, -0.2) is 22.6 Å². The largest absolute Gasteiger partial charge is 0.384 e. The number of nitrogens with zero attached hydrogens (tertiary/aromatic N) is 1. The minimum atomic E-state index is -0.233. The molecule has 0 aliphatic heterocycles. The van der Waals surface area contributed by atoms with Crippen molar-refractivity contribution in [1.29, 1.82) is 0 Å². The lowest BCUT2D eigenvalue weighted by atomic mass is 10.1. The number of anilines is 1. The number of aromatic nitrogens is 1. The molecule has 0 saturated carbocycles. The minimum Gasteiger partial charge on any atom is -0.384 e. The van der Waals surface area contributed by atoms with E-state index in [1.807, 2.05) is 32.0 Å². The lowest BCUT2D eigenvalue weighted by Crippen LogP contribution is -2.13. The van der Waals surface area contributed by atoms with Crippen LogP contribution in [0.25, 0.3) is 0 Å². The van der Waals surface area contributed by atoms with Crippen molar-refractivity contribution in [3.63, 3.8) is 0 Å². The van der Waals surface area contributed by atoms with Crippen molar-refractivity contribution in [2.45, 2.75) is 13.8 Å². The van der Waals surface area contributed by atoms with Gasteiger partial charge in [0.1, 0.15) is 6.61 Å². The summed E-state index contributed by atoms with van der Waals surface area (Å²) >= 11 is 0. The number of aliphatic hydroxyl groups excluding tert-OH is 1. The molecule has 2 N–H and O–H groups in total. The second kappa shape index (κ2) is 6.69. The fraction of sp³-hybridized carbons (Fsp3) is 0.176. The molecular weight excluding hydrogens is 264 g/mol. The second-order valence-corrected chi connectivity index (χ2v) is 4.71. The topological polar surface area (TPSA) is 62.2 Å². The predicted molar refractivity (Wildman–Crippen MR) is 82.1 cm³/mol. The van der Waals surface area contributed by atoms with Gasteiger partial charge in [-0.05, 0) is 43.2 Å². The van der Waals surface area contributed by atoms with E-state index >= 15 is 0 Å². The summed E-state index contributed by atoms with van der Waals surface area (Å²) in [6, 6.07) is 7.35. The molecule has 0 aliphatic rings. The highest BCUT2D eigenvalue weighted by molar-refractivity contribution is 6.04. The van der Waals surface area contributed by atoms with Gasteiger partial charge >= 0.3 is 0 Å². The molecule has 0 saturated heterocycles. The van der Waals surface area contributed by atoms with Crippen molar-refractivity contribution in [2.24, 2.45) is 0 Å². The van der Waals surface area contributed by atoms with Gasteiger partial charge in [0.15, 0.2) is 0 Å². The van der Waals surface area contributed by atoms with Gasteiger partial charge in [0.2, 0.25) is 0 Å². The molecule has 21 heavy (non-hydrogen) atoms. The molecule has 1 aromatic carbocycles. The molecule has 0 bridgehead atoms. The molecule has 1 heterocycles. The van der Waals surface area contributed by atoms with Gasteiger partial charge in [-0.1, -0.05) is 17.9 Å². The van der Waals surface area contributed by atoms with Gasteiger partial charge in [-0.15, -0.1) is 0 Å². The lowest BCUT2D eigenvalue weighted by Gasteiger charge is -2.09. The van der Waals surface area contributed by atoms with Gasteiger partial charge in [0, 0.05) is 18.0 Å². The quantitative estimate of drug-likeness (QED) is 0.830. The molecule has 1 amide bonds. The summed E-state index contributed by atoms with van der Waals surface area (Å²) in [4.78, 5) is 16.3. The van der Waals surface area contributed by atoms with Gasteiger partial charge in [-0.2, -0.15) is 0 Å². The zero-order chi connectivity index (χ0) is 15.2. The Labute approximate surface area is 123 Å². The van der Waals surface area contributed by atoms with Gasteiger partial charge < -0.3 is 10.4 Å². The van der Waals surface area contributed by atoms with E-state index in [1.54, 1.807) is 12.3 Å². The Balaban J connectivity index is 2.30. The number of carbonyl (C=O) groups excluding carboxylic acids is 1. The van der Waals surface area contributed by atoms with Crippen molar-refractivity contribution in [2.75, 3.05) is 11.9 Å². The Morgan fingerprint density at radius 2 is 2.05 bits per heavy atom. The number of nitrogens with one attached hydrogen (secondary N) is 1. The van der Waals surface area contributed by atoms with Crippen molar-refractivity contribution in [3.05, 3.63) is 58.9 Å². The van der Waals surface area contributed by atoms with Crippen LogP contribution in [0.4, 0.5) is 5.69 Å². The standard InChI is InChI=1S/C17H16N2O2/c1-12-5-6-14(4-3-7-20)16(9-12)19-17(21)15-8-13(2)10-18-11-15/h5-6,8-11,20H,7H2,1-2H3,(H,19,21). The van der Waals surface area contributed by atoms with Gasteiger partial charge in [-0.3, -0.25) is 9.78 Å². The number of aliphatic hydroxyl groups is 1. The Hall–Kier alpha value is -2.64. The number of aryl methyl sites for hydroxylation is 2. The number of carbonyl (C=O) groups is 1. The van der Waals surface area contributed by atoms with Crippen LogP contribution in [-0.2, 0) is 0 Å². The van der Waals surface area contributed by atoms with Crippen molar-refractivity contribution in [3.8, 4) is 11.8 Å². The van der Waals surface area contributed by atoms with Crippen LogP contribution in [0.1, 0.15) is 27.0 Å². The molecule has 0 aliphatic carbocycles. The molecule has 2 aromatic rings. The highest BCUT2D eigenvalue weighted by Gasteiger charge is 2.09. The highest BCUT2D eigenvalue weighted by Crippen LogP contribution is 2.18. The fourth-order valence-electron chi connectivity index (χ4n) is 1.88. The molecule has 4 heteroatoms. The van der Waals surface area contributed by atoms with E-state index in [1.165, 1.54) is 6.20 Å². The zero-order valence-corrected chi connectivity index (χ0v) is 12.0. The second-order valence-electron chi connectivity index (χ2n) is 4.71. The van der Waals surface area contributed by atoms with Crippen LogP contribution in [0.3, 0.4) is 0 Å². The Kier molecular flexibility index (Phi) is 4.70. The number of pyridine rings is 1. The van der Waals surface area contributed by atoms with E-state index in [2.05, 4.69) is 22.1 Å². The first-order chi connectivity index (χ1) is 10.1. The zero-order valence-electron chi connectivity index (χ0n) is 12.0. The Bertz CT molecular complexity index is 727. The average Bonchev–Trinajstić information content (AvgIpc) is 2.46. The van der Waals surface area contributed by atoms with E-state index in [-0.39, 0.29) is 12.5 Å². The summed E-state index contributed by atoms with van der Waals surface area (Å²) in [7, 11) is 0. The molecule has 0 fully saturated rings. The predicted octanol–water partition coefficient (Wildman–Crippen LogP) is 2.29. The van der Waals surface area contributed by atoms with Crippen molar-refractivity contribution < 1.29 is 9.90 Å². The summed E-state index contributed by atoms with van der Waals surface area (Å²) in [6.45, 7) is 3.60. The van der Waals surface area contributed by atoms with Crippen LogP contribution >= 0.6 is 0 Å². The Morgan fingerprint density at radius 3 is 2.76 bits per heavy atom. The average molecular weight is 280 g/mol. The minimum absolute atomic E-state index is 0.219. The monoisotopic (exact) mass is 280 g/mol. The SMILES string of the molecule is Cc1cncc(C(=O)Nc2cc(C)ccc2C#CCO)c1. The summed E-state index contributed by atoms with van der Waals surface area (Å²) in [5.74, 6) is 5.18. The maximum atomic E-state index is 12.3. The van der Waals surface area contributed by atoms with Crippen LogP contribution in [0.2, 0.25) is 0 Å². The first kappa shape index (κ1) is 14.8. The van der Waals surface area contributed by atoms with Crippen molar-refractivity contribution >= 4 is 11.6 Å². The maximum absolute atomic E-state index is 12.3. The highest BCUT2D eigenvalue weighted by atomic mass is 16.2. The molecule has 106 valence electrons. The Morgan fingerprint density at radius 1 is 1.24 bits per heavy atom. The normalized spacial score (nSPS) is 9.67. The van der Waals surface area contributed by atoms with Gasteiger partial charge in [0.25, 0.3) is 5.91 Å². The summed E-state index contributed by atoms with van der Waals surface area (Å²) in [5.41, 5.74) is 3.73. The van der Waals surface area contributed by atoms with Crippen LogP contribution < -0.4 is 5.32 Å². The van der Waals surface area contributed by atoms with E-state index in [0.717, 1.165) is 11.1 Å². The molecule has 0 atom stereocenters. The van der Waals surface area contributed by atoms with E-state index < -0.39 is 0 Å². The fourth-order valence-corrected chi connectivity index (χ4v) is 1.88. The number of hydrogen-bond acceptors (Lipinski definition) is 3. The maximum Gasteiger partial charge on any atom is 0.257 e. The van der Waals surface area contributed by atoms with Crippen LogP contribution in [0, 0.1) is 25.7 Å². The van der Waals surface area contributed by atoms with Crippen molar-refractivity contribution in [1.82, 2.24) is 4.98 Å². The van der Waals surface area contributed by atoms with Gasteiger partial charge in [-0.25, -0.2) is 0 Å². The molecule has 0 radical (unpaired) electrons. The molecular formula is C17H16N2O2. The number of hydrogen-bond donors (Lipinski definition) is 2. The summed E-state index contributed by atoms with van der Waals surface area (Å²) in [6.07, 6.45) is 3.22. The first-order valence-corrected chi connectivity index (χ1v) is 6.53. The molecule has 0 spiro atoms. The third-order valence-electron chi connectivity index (χ3n) is 2.86. The smallest absolute Gasteiger partial charge is 0.257 e. The van der Waals surface area contributed by atoms with Crippen LogP contribution in [0.5, 0.6) is 0 Å². The number of benzene rings is 1. The molecule has 0 unspecified atom stereocenters. The number of amides is 1. The van der Waals surface area contributed by atoms with Crippen LogP contribution in [0.15, 0.2) is 36.7 Å². The summed E-state index contributed by atoms with van der Waals surface area (Å²) in [5, 5.41) is 11.6. The van der Waals surface area contributed by atoms with E-state index in [9.17, 15) is 4.79 Å². The van der Waals surface area contributed by atoms with E-state index in [0.29, 0.717) is 16.8 Å². The summed E-state index contributed by atoms with van der Waals surface area (Å²) < 4.78 is 0. The van der Waals surface area contributed by atoms with E-state index in [4.69, 9.17) is 5.11 Å². The molecule has 2 rings (SSSR count). The molecule has 1 aromatic heterocycles. The first-order valence-electron chi connectivity index (χ1n) is 6.53. The lowest BCUT2D eigenvalue weighted by molar-refractivity contribution is 0.102. The third-order valence-corrected chi connectivity index (χ3v) is 2.86.